The summed E-state index contributed by atoms with van der Waals surface area (Å²) in [5, 5.41) is 3.00. The average molecular weight is 389 g/mol. The first-order chi connectivity index (χ1) is 13.3. The van der Waals surface area contributed by atoms with Gasteiger partial charge in [0.05, 0.1) is 12.5 Å². The molecule has 1 N–H and O–H groups in total. The Balaban J connectivity index is 1.63. The fourth-order valence-corrected chi connectivity index (χ4v) is 3.58. The number of halogens is 2. The van der Waals surface area contributed by atoms with E-state index in [9.17, 15) is 13.6 Å². The van der Waals surface area contributed by atoms with Gasteiger partial charge in [0.1, 0.15) is 0 Å². The molecule has 0 heterocycles. The minimum absolute atomic E-state index is 0.00442. The van der Waals surface area contributed by atoms with Crippen molar-refractivity contribution in [2.24, 2.45) is 0 Å². The van der Waals surface area contributed by atoms with E-state index in [1.165, 1.54) is 13.2 Å². The molecule has 0 atom stereocenters. The zero-order valence-electron chi connectivity index (χ0n) is 16.4. The minimum atomic E-state index is -2.92. The van der Waals surface area contributed by atoms with Crippen LogP contribution in [0, 0.1) is 13.8 Å². The van der Waals surface area contributed by atoms with Crippen LogP contribution in [0.15, 0.2) is 36.4 Å². The molecule has 2 aromatic rings. The first kappa shape index (κ1) is 20.1. The number of rotatable bonds is 8. The molecule has 0 aliphatic heterocycles. The number of nitrogens with one attached hydrogen (secondary N) is 1. The summed E-state index contributed by atoms with van der Waals surface area (Å²) in [6.45, 7) is 1.57. The maximum atomic E-state index is 12.8. The summed E-state index contributed by atoms with van der Waals surface area (Å²) in [5.74, 6) is 0.269. The highest BCUT2D eigenvalue weighted by molar-refractivity contribution is 5.91. The first-order valence-corrected chi connectivity index (χ1v) is 9.33. The van der Waals surface area contributed by atoms with E-state index < -0.39 is 12.0 Å². The van der Waals surface area contributed by atoms with Gasteiger partial charge in [-0.3, -0.25) is 4.79 Å². The Morgan fingerprint density at radius 2 is 1.79 bits per heavy atom. The van der Waals surface area contributed by atoms with Crippen LogP contribution in [0.3, 0.4) is 0 Å². The number of hydrogen-bond donors (Lipinski definition) is 1. The molecule has 0 aromatic heterocycles. The lowest BCUT2D eigenvalue weighted by atomic mass is 9.92. The summed E-state index contributed by atoms with van der Waals surface area (Å²) in [7, 11) is 1.40. The van der Waals surface area contributed by atoms with Crippen molar-refractivity contribution in [3.8, 4) is 11.5 Å². The molecule has 0 bridgehead atoms. The molecule has 0 saturated heterocycles. The molecule has 2 aromatic carbocycles. The van der Waals surface area contributed by atoms with Gasteiger partial charge < -0.3 is 14.8 Å². The van der Waals surface area contributed by atoms with Crippen molar-refractivity contribution < 1.29 is 23.0 Å². The van der Waals surface area contributed by atoms with E-state index in [0.29, 0.717) is 13.0 Å². The van der Waals surface area contributed by atoms with Crippen molar-refractivity contribution in [2.45, 2.75) is 45.1 Å². The molecule has 1 saturated carbocycles. The van der Waals surface area contributed by atoms with Crippen LogP contribution in [0.5, 0.6) is 11.5 Å². The van der Waals surface area contributed by atoms with Crippen molar-refractivity contribution in [3.05, 3.63) is 58.7 Å². The highest BCUT2D eigenvalue weighted by Crippen LogP contribution is 2.48. The van der Waals surface area contributed by atoms with Gasteiger partial charge in [0.15, 0.2) is 11.5 Å². The van der Waals surface area contributed by atoms with Crippen LogP contribution < -0.4 is 14.8 Å². The molecule has 3 rings (SSSR count). The molecule has 28 heavy (non-hydrogen) atoms. The van der Waals surface area contributed by atoms with E-state index in [4.69, 9.17) is 4.74 Å². The molecule has 1 aliphatic carbocycles. The fraction of sp³-hybridized carbons (Fsp3) is 0.409. The normalized spacial score (nSPS) is 14.6. The highest BCUT2D eigenvalue weighted by atomic mass is 19.3. The fourth-order valence-electron chi connectivity index (χ4n) is 3.58. The lowest BCUT2D eigenvalue weighted by Gasteiger charge is -2.17. The van der Waals surface area contributed by atoms with Crippen molar-refractivity contribution in [1.29, 1.82) is 0 Å². The maximum absolute atomic E-state index is 12.8. The van der Waals surface area contributed by atoms with Crippen LogP contribution in [-0.4, -0.2) is 26.2 Å². The summed E-state index contributed by atoms with van der Waals surface area (Å²) >= 11 is 0. The number of aryl methyl sites for hydroxylation is 2. The Bertz CT molecular complexity index is 843. The van der Waals surface area contributed by atoms with Crippen molar-refractivity contribution >= 4 is 5.91 Å². The Kier molecular flexibility index (Phi) is 5.87. The number of methoxy groups -OCH3 is 1. The molecule has 6 heteroatoms. The van der Waals surface area contributed by atoms with Gasteiger partial charge in [0, 0.05) is 6.54 Å². The molecule has 1 fully saturated rings. The van der Waals surface area contributed by atoms with Gasteiger partial charge in [-0.1, -0.05) is 35.4 Å². The van der Waals surface area contributed by atoms with Crippen LogP contribution >= 0.6 is 0 Å². The third kappa shape index (κ3) is 4.43. The summed E-state index contributed by atoms with van der Waals surface area (Å²) in [5.41, 5.74) is 3.73. The van der Waals surface area contributed by atoms with E-state index in [1.54, 1.807) is 12.1 Å². The van der Waals surface area contributed by atoms with E-state index in [0.717, 1.165) is 35.1 Å². The minimum Gasteiger partial charge on any atom is -0.493 e. The quantitative estimate of drug-likeness (QED) is 0.732. The smallest absolute Gasteiger partial charge is 0.387 e. The second-order valence-electron chi connectivity index (χ2n) is 7.33. The zero-order chi connectivity index (χ0) is 20.3. The Morgan fingerprint density at radius 3 is 2.36 bits per heavy atom. The average Bonchev–Trinajstić information content (AvgIpc) is 3.42. The summed E-state index contributed by atoms with van der Waals surface area (Å²) in [6, 6.07) is 11.1. The Labute approximate surface area is 163 Å². The van der Waals surface area contributed by atoms with Crippen molar-refractivity contribution in [2.75, 3.05) is 13.7 Å². The van der Waals surface area contributed by atoms with E-state index in [1.807, 2.05) is 13.8 Å². The van der Waals surface area contributed by atoms with Gasteiger partial charge in [0.25, 0.3) is 0 Å². The lowest BCUT2D eigenvalue weighted by Crippen LogP contribution is -2.36. The number of amides is 1. The molecule has 0 radical (unpaired) electrons. The zero-order valence-corrected chi connectivity index (χ0v) is 16.4. The largest absolute Gasteiger partial charge is 0.493 e. The summed E-state index contributed by atoms with van der Waals surface area (Å²) < 4.78 is 34.6. The standard InChI is InChI=1S/C22H25F2NO3/c1-14-10-15(2)12-17(11-14)22(7-8-22)20(26)25-9-6-16-4-5-18(27-3)19(13-16)28-21(23)24/h4-5,10-13,21H,6-9H2,1-3H3,(H,25,26). The molecular weight excluding hydrogens is 364 g/mol. The molecular formula is C22H25F2NO3. The lowest BCUT2D eigenvalue weighted by molar-refractivity contribution is -0.123. The van der Waals surface area contributed by atoms with Gasteiger partial charge in [-0.05, 0) is 56.4 Å². The van der Waals surface area contributed by atoms with E-state index in [-0.39, 0.29) is 17.4 Å². The number of hydrogen-bond acceptors (Lipinski definition) is 3. The SMILES string of the molecule is COc1ccc(CCNC(=O)C2(c3cc(C)cc(C)c3)CC2)cc1OC(F)F. The maximum Gasteiger partial charge on any atom is 0.387 e. The van der Waals surface area contributed by atoms with Crippen molar-refractivity contribution in [3.63, 3.8) is 0 Å². The van der Waals surface area contributed by atoms with Crippen LogP contribution in [-0.2, 0) is 16.6 Å². The van der Waals surface area contributed by atoms with Crippen molar-refractivity contribution in [1.82, 2.24) is 5.32 Å². The van der Waals surface area contributed by atoms with Gasteiger partial charge in [-0.2, -0.15) is 8.78 Å². The molecule has 0 unspecified atom stereocenters. The van der Waals surface area contributed by atoms with Crippen LogP contribution in [0.25, 0.3) is 0 Å². The Hall–Kier alpha value is -2.63. The predicted octanol–water partition coefficient (Wildman–Crippen LogP) is 4.30. The summed E-state index contributed by atoms with van der Waals surface area (Å²) in [4.78, 5) is 12.8. The number of carbonyl (C=O) groups excluding carboxylic acids is 1. The molecule has 150 valence electrons. The van der Waals surface area contributed by atoms with Crippen LogP contribution in [0.1, 0.15) is 35.1 Å². The highest BCUT2D eigenvalue weighted by Gasteiger charge is 2.51. The first-order valence-electron chi connectivity index (χ1n) is 9.33. The van der Waals surface area contributed by atoms with Gasteiger partial charge >= 0.3 is 6.61 Å². The van der Waals surface area contributed by atoms with Crippen LogP contribution in [0.2, 0.25) is 0 Å². The topological polar surface area (TPSA) is 47.6 Å². The van der Waals surface area contributed by atoms with E-state index >= 15 is 0 Å². The summed E-state index contributed by atoms with van der Waals surface area (Å²) in [6.07, 6.45) is 2.20. The van der Waals surface area contributed by atoms with Gasteiger partial charge in [0.2, 0.25) is 5.91 Å². The third-order valence-electron chi connectivity index (χ3n) is 5.10. The Morgan fingerprint density at radius 1 is 1.11 bits per heavy atom. The molecule has 0 spiro atoms. The van der Waals surface area contributed by atoms with Crippen LogP contribution in [0.4, 0.5) is 8.78 Å². The molecule has 1 amide bonds. The van der Waals surface area contributed by atoms with Gasteiger partial charge in [-0.25, -0.2) is 0 Å². The second-order valence-corrected chi connectivity index (χ2v) is 7.33. The number of ether oxygens (including phenoxy) is 2. The molecule has 4 nitrogen and oxygen atoms in total. The third-order valence-corrected chi connectivity index (χ3v) is 5.10. The number of carbonyl (C=O) groups is 1. The van der Waals surface area contributed by atoms with Gasteiger partial charge in [-0.15, -0.1) is 0 Å². The van der Waals surface area contributed by atoms with E-state index in [2.05, 4.69) is 28.3 Å². The number of benzene rings is 2. The monoisotopic (exact) mass is 389 g/mol. The second kappa shape index (κ2) is 8.17. The predicted molar refractivity (Wildman–Crippen MR) is 103 cm³/mol. The number of alkyl halides is 2. The molecule has 1 aliphatic rings.